The zero-order chi connectivity index (χ0) is 13.4. The Bertz CT molecular complexity index is 654. The Kier molecular flexibility index (Phi) is 3.11. The molecule has 0 bridgehead atoms. The highest BCUT2D eigenvalue weighted by atomic mass is 79.9. The molecule has 1 N–H and O–H groups in total. The molecule has 0 spiro atoms. The maximum absolute atomic E-state index is 12.2. The van der Waals surface area contributed by atoms with E-state index < -0.39 is 0 Å². The molecular weight excluding hydrogens is 304 g/mol. The van der Waals surface area contributed by atoms with Crippen molar-refractivity contribution in [1.29, 1.82) is 0 Å². The van der Waals surface area contributed by atoms with Crippen molar-refractivity contribution in [2.45, 2.75) is 19.3 Å². The lowest BCUT2D eigenvalue weighted by atomic mass is 9.77. The third-order valence-corrected chi connectivity index (χ3v) is 4.28. The molecule has 3 nitrogen and oxygen atoms in total. The van der Waals surface area contributed by atoms with Crippen LogP contribution in [0.1, 0.15) is 22.7 Å². The number of hydrogen-bond donors (Lipinski definition) is 1. The van der Waals surface area contributed by atoms with Crippen LogP contribution in [0.3, 0.4) is 0 Å². The van der Waals surface area contributed by atoms with Crippen LogP contribution in [-0.2, 0) is 11.2 Å². The summed E-state index contributed by atoms with van der Waals surface area (Å²) in [5, 5.41) is 2.88. The van der Waals surface area contributed by atoms with Crippen LogP contribution in [0.15, 0.2) is 40.9 Å². The molecule has 0 aliphatic heterocycles. The highest BCUT2D eigenvalue weighted by Gasteiger charge is 2.31. The predicted octanol–water partition coefficient (Wildman–Crippen LogP) is 3.43. The molecule has 0 saturated carbocycles. The standard InChI is InChI=1S/C15H13BrN2O/c1-9-13(16)6-7-14(17-9)18-15(19)12-8-10-4-2-3-5-11(10)12/h2-7,12H,8H2,1H3,(H,17,18,19). The smallest absolute Gasteiger partial charge is 0.233 e. The summed E-state index contributed by atoms with van der Waals surface area (Å²) in [7, 11) is 0. The molecule has 1 aliphatic carbocycles. The first-order chi connectivity index (χ1) is 9.15. The second-order valence-electron chi connectivity index (χ2n) is 4.71. The third kappa shape index (κ3) is 2.28. The Morgan fingerprint density at radius 2 is 2.11 bits per heavy atom. The van der Waals surface area contributed by atoms with E-state index in [-0.39, 0.29) is 11.8 Å². The van der Waals surface area contributed by atoms with Crippen LogP contribution in [-0.4, -0.2) is 10.9 Å². The van der Waals surface area contributed by atoms with Gasteiger partial charge < -0.3 is 5.32 Å². The highest BCUT2D eigenvalue weighted by Crippen LogP contribution is 2.35. The van der Waals surface area contributed by atoms with Gasteiger partial charge in [-0.15, -0.1) is 0 Å². The predicted molar refractivity (Wildman–Crippen MR) is 78.2 cm³/mol. The fourth-order valence-electron chi connectivity index (χ4n) is 2.32. The van der Waals surface area contributed by atoms with Crippen molar-refractivity contribution >= 4 is 27.7 Å². The summed E-state index contributed by atoms with van der Waals surface area (Å²) in [6, 6.07) is 11.8. The number of carbonyl (C=O) groups excluding carboxylic acids is 1. The average Bonchev–Trinajstić information content (AvgIpc) is 2.35. The largest absolute Gasteiger partial charge is 0.310 e. The molecule has 0 saturated heterocycles. The summed E-state index contributed by atoms with van der Waals surface area (Å²) in [6.45, 7) is 1.90. The first kappa shape index (κ1) is 12.4. The zero-order valence-corrected chi connectivity index (χ0v) is 12.1. The molecule has 1 unspecified atom stereocenters. The van der Waals surface area contributed by atoms with Crippen LogP contribution in [0.5, 0.6) is 0 Å². The molecule has 19 heavy (non-hydrogen) atoms. The number of benzene rings is 1. The number of anilines is 1. The van der Waals surface area contributed by atoms with Gasteiger partial charge in [-0.25, -0.2) is 4.98 Å². The molecule has 0 radical (unpaired) electrons. The van der Waals surface area contributed by atoms with Crippen LogP contribution >= 0.6 is 15.9 Å². The van der Waals surface area contributed by atoms with Crippen molar-refractivity contribution in [3.63, 3.8) is 0 Å². The molecule has 1 aromatic heterocycles. The monoisotopic (exact) mass is 316 g/mol. The number of amides is 1. The van der Waals surface area contributed by atoms with Gasteiger partial charge >= 0.3 is 0 Å². The number of halogens is 1. The summed E-state index contributed by atoms with van der Waals surface area (Å²) in [6.07, 6.45) is 0.817. The zero-order valence-electron chi connectivity index (χ0n) is 10.5. The lowest BCUT2D eigenvalue weighted by Crippen LogP contribution is -2.30. The van der Waals surface area contributed by atoms with Gasteiger partial charge in [0.25, 0.3) is 0 Å². The number of nitrogens with zero attached hydrogens (tertiary/aromatic N) is 1. The minimum atomic E-state index is -0.0399. The maximum Gasteiger partial charge on any atom is 0.233 e. The van der Waals surface area contributed by atoms with Crippen molar-refractivity contribution in [2.24, 2.45) is 0 Å². The van der Waals surface area contributed by atoms with E-state index in [9.17, 15) is 4.79 Å². The maximum atomic E-state index is 12.2. The fraction of sp³-hybridized carbons (Fsp3) is 0.200. The number of nitrogens with one attached hydrogen (secondary N) is 1. The second kappa shape index (κ2) is 4.78. The first-order valence-electron chi connectivity index (χ1n) is 6.17. The van der Waals surface area contributed by atoms with Crippen molar-refractivity contribution in [3.05, 3.63) is 57.7 Å². The number of rotatable bonds is 2. The number of pyridine rings is 1. The van der Waals surface area contributed by atoms with E-state index in [0.717, 1.165) is 22.2 Å². The van der Waals surface area contributed by atoms with Gasteiger partial charge in [-0.05, 0) is 52.5 Å². The molecule has 3 rings (SSSR count). The highest BCUT2D eigenvalue weighted by molar-refractivity contribution is 9.10. The van der Waals surface area contributed by atoms with Gasteiger partial charge in [0.05, 0.1) is 11.6 Å². The minimum absolute atomic E-state index is 0.0212. The van der Waals surface area contributed by atoms with Crippen LogP contribution in [0.25, 0.3) is 0 Å². The molecule has 96 valence electrons. The van der Waals surface area contributed by atoms with Crippen LogP contribution in [0, 0.1) is 6.92 Å². The molecule has 1 atom stereocenters. The van der Waals surface area contributed by atoms with Crippen molar-refractivity contribution < 1.29 is 4.79 Å². The van der Waals surface area contributed by atoms with Gasteiger partial charge in [0.1, 0.15) is 5.82 Å². The van der Waals surface area contributed by atoms with Gasteiger partial charge in [0.2, 0.25) is 5.91 Å². The summed E-state index contributed by atoms with van der Waals surface area (Å²) in [5.41, 5.74) is 3.27. The Hall–Kier alpha value is -1.68. The summed E-state index contributed by atoms with van der Waals surface area (Å²) in [4.78, 5) is 16.5. The Labute approximate surface area is 120 Å². The van der Waals surface area contributed by atoms with E-state index in [4.69, 9.17) is 0 Å². The molecule has 1 amide bonds. The molecule has 1 heterocycles. The third-order valence-electron chi connectivity index (χ3n) is 3.44. The quantitative estimate of drug-likeness (QED) is 0.922. The van der Waals surface area contributed by atoms with E-state index in [1.807, 2.05) is 31.2 Å². The molecule has 1 aliphatic rings. The molecule has 0 fully saturated rings. The summed E-state index contributed by atoms with van der Waals surface area (Å²) < 4.78 is 0.944. The topological polar surface area (TPSA) is 42.0 Å². The SMILES string of the molecule is Cc1nc(NC(=O)C2Cc3ccccc32)ccc1Br. The van der Waals surface area contributed by atoms with Gasteiger partial charge in [-0.3, -0.25) is 4.79 Å². The van der Waals surface area contributed by atoms with Crippen LogP contribution < -0.4 is 5.32 Å². The van der Waals surface area contributed by atoms with Crippen molar-refractivity contribution in [1.82, 2.24) is 4.98 Å². The molecule has 2 aromatic rings. The van der Waals surface area contributed by atoms with Crippen LogP contribution in [0.2, 0.25) is 0 Å². The number of hydrogen-bond acceptors (Lipinski definition) is 2. The van der Waals surface area contributed by atoms with E-state index in [2.05, 4.69) is 32.3 Å². The normalized spacial score (nSPS) is 16.4. The Morgan fingerprint density at radius 1 is 1.32 bits per heavy atom. The summed E-state index contributed by atoms with van der Waals surface area (Å²) in [5.74, 6) is 0.588. The minimum Gasteiger partial charge on any atom is -0.310 e. The lowest BCUT2D eigenvalue weighted by molar-refractivity contribution is -0.118. The molecule has 4 heteroatoms. The van der Waals surface area contributed by atoms with Gasteiger partial charge in [-0.1, -0.05) is 24.3 Å². The van der Waals surface area contributed by atoms with E-state index in [0.29, 0.717) is 5.82 Å². The fourth-order valence-corrected chi connectivity index (χ4v) is 2.54. The summed E-state index contributed by atoms with van der Waals surface area (Å²) >= 11 is 3.40. The second-order valence-corrected chi connectivity index (χ2v) is 5.56. The van der Waals surface area contributed by atoms with Crippen molar-refractivity contribution in [3.8, 4) is 0 Å². The number of carbonyl (C=O) groups is 1. The molecular formula is C15H13BrN2O. The number of aryl methyl sites for hydroxylation is 1. The first-order valence-corrected chi connectivity index (χ1v) is 6.96. The number of aromatic nitrogens is 1. The Balaban J connectivity index is 1.75. The van der Waals surface area contributed by atoms with Gasteiger partial charge in [0, 0.05) is 4.47 Å². The van der Waals surface area contributed by atoms with Crippen molar-refractivity contribution in [2.75, 3.05) is 5.32 Å². The van der Waals surface area contributed by atoms with Crippen LogP contribution in [0.4, 0.5) is 5.82 Å². The Morgan fingerprint density at radius 3 is 2.84 bits per heavy atom. The number of fused-ring (bicyclic) bond motifs is 1. The average molecular weight is 317 g/mol. The lowest BCUT2D eigenvalue weighted by Gasteiger charge is -2.28. The molecule has 1 aromatic carbocycles. The van der Waals surface area contributed by atoms with E-state index in [1.54, 1.807) is 6.07 Å². The van der Waals surface area contributed by atoms with E-state index in [1.165, 1.54) is 5.56 Å². The van der Waals surface area contributed by atoms with Gasteiger partial charge in [-0.2, -0.15) is 0 Å². The van der Waals surface area contributed by atoms with Gasteiger partial charge in [0.15, 0.2) is 0 Å². The van der Waals surface area contributed by atoms with E-state index >= 15 is 0 Å².